The van der Waals surface area contributed by atoms with E-state index in [0.717, 1.165) is 0 Å². The molecule has 1 heterocycles. The summed E-state index contributed by atoms with van der Waals surface area (Å²) in [6.07, 6.45) is 0. The first-order chi connectivity index (χ1) is 7.91. The number of nitrogens with one attached hydrogen (secondary N) is 1. The fraction of sp³-hybridized carbons (Fsp3) is 0.182. The Morgan fingerprint density at radius 3 is 2.24 bits per heavy atom. The molecule has 17 heavy (non-hydrogen) atoms. The quantitative estimate of drug-likeness (QED) is 0.611. The van der Waals surface area contributed by atoms with Crippen LogP contribution in [0, 0.1) is 0 Å². The van der Waals surface area contributed by atoms with Crippen LogP contribution >= 0.6 is 11.6 Å². The van der Waals surface area contributed by atoms with Crippen molar-refractivity contribution in [2.75, 3.05) is 0 Å². The minimum absolute atomic E-state index is 0.0926. The summed E-state index contributed by atoms with van der Waals surface area (Å²) in [5, 5.41) is 11.2. The van der Waals surface area contributed by atoms with E-state index in [4.69, 9.17) is 16.7 Å². The van der Waals surface area contributed by atoms with Crippen molar-refractivity contribution < 1.29 is 19.5 Å². The molecular weight excluding hydrogens is 246 g/mol. The molecule has 0 aromatic heterocycles. The fourth-order valence-electron chi connectivity index (χ4n) is 1.01. The SMILES string of the molecule is CC(=O)C1NC1=O.O=C(O)c1cccc(Cl)c1. The maximum absolute atomic E-state index is 10.3. The number of rotatable bonds is 2. The van der Waals surface area contributed by atoms with Crippen molar-refractivity contribution in [1.82, 2.24) is 5.32 Å². The number of ketones is 1. The molecule has 0 spiro atoms. The lowest BCUT2D eigenvalue weighted by molar-refractivity contribution is -0.119. The summed E-state index contributed by atoms with van der Waals surface area (Å²) >= 11 is 5.53. The van der Waals surface area contributed by atoms with Crippen LogP contribution in [0.3, 0.4) is 0 Å². The van der Waals surface area contributed by atoms with Crippen molar-refractivity contribution in [3.63, 3.8) is 0 Å². The van der Waals surface area contributed by atoms with Crippen LogP contribution in [0.15, 0.2) is 24.3 Å². The van der Waals surface area contributed by atoms with Gasteiger partial charge in [0, 0.05) is 5.02 Å². The van der Waals surface area contributed by atoms with Crippen LogP contribution in [0.1, 0.15) is 17.3 Å². The zero-order valence-electron chi connectivity index (χ0n) is 8.94. The summed E-state index contributed by atoms with van der Waals surface area (Å²) in [7, 11) is 0. The van der Waals surface area contributed by atoms with Crippen LogP contribution in [0.5, 0.6) is 0 Å². The van der Waals surface area contributed by atoms with Crippen LogP contribution in [0.2, 0.25) is 5.02 Å². The van der Waals surface area contributed by atoms with Gasteiger partial charge in [0.05, 0.1) is 5.56 Å². The largest absolute Gasteiger partial charge is 0.478 e. The summed E-state index contributed by atoms with van der Waals surface area (Å²) in [5.74, 6) is -1.19. The average molecular weight is 256 g/mol. The number of Topliss-reactive ketones (excluding diaryl/α,β-unsaturated/α-hetero) is 1. The number of halogens is 1. The molecule has 1 aromatic rings. The molecule has 90 valence electrons. The Kier molecular flexibility index (Phi) is 4.23. The summed E-state index contributed by atoms with van der Waals surface area (Å²) in [4.78, 5) is 30.4. The number of amides is 1. The second kappa shape index (κ2) is 5.45. The van der Waals surface area contributed by atoms with Gasteiger partial charge in [-0.2, -0.15) is 0 Å². The fourth-order valence-corrected chi connectivity index (χ4v) is 1.20. The van der Waals surface area contributed by atoms with Gasteiger partial charge in [-0.05, 0) is 25.1 Å². The van der Waals surface area contributed by atoms with E-state index in [2.05, 4.69) is 5.32 Å². The molecule has 1 unspecified atom stereocenters. The number of carbonyl (C=O) groups excluding carboxylic acids is 2. The van der Waals surface area contributed by atoms with Gasteiger partial charge in [-0.25, -0.2) is 4.79 Å². The van der Waals surface area contributed by atoms with Gasteiger partial charge in [0.15, 0.2) is 11.8 Å². The molecule has 0 aliphatic carbocycles. The number of hydrogen-bond acceptors (Lipinski definition) is 3. The van der Waals surface area contributed by atoms with Crippen molar-refractivity contribution >= 4 is 29.3 Å². The maximum atomic E-state index is 10.3. The molecule has 1 aromatic carbocycles. The van der Waals surface area contributed by atoms with E-state index in [0.29, 0.717) is 5.02 Å². The maximum Gasteiger partial charge on any atom is 0.335 e. The number of benzene rings is 1. The van der Waals surface area contributed by atoms with Gasteiger partial charge in [-0.3, -0.25) is 9.59 Å². The third-order valence-corrected chi connectivity index (χ3v) is 2.18. The molecule has 1 aliphatic rings. The molecule has 1 aliphatic heterocycles. The zero-order valence-corrected chi connectivity index (χ0v) is 9.69. The highest BCUT2D eigenvalue weighted by molar-refractivity contribution is 6.30. The van der Waals surface area contributed by atoms with E-state index in [9.17, 15) is 14.4 Å². The van der Waals surface area contributed by atoms with Crippen LogP contribution in [-0.2, 0) is 9.59 Å². The average Bonchev–Trinajstić information content (AvgIpc) is 2.96. The third-order valence-electron chi connectivity index (χ3n) is 1.94. The summed E-state index contributed by atoms with van der Waals surface area (Å²) in [6.45, 7) is 1.39. The first-order valence-corrected chi connectivity index (χ1v) is 5.09. The number of carboxylic acids is 1. The molecule has 1 amide bonds. The minimum Gasteiger partial charge on any atom is -0.478 e. The Morgan fingerprint density at radius 1 is 1.41 bits per heavy atom. The second-order valence-corrected chi connectivity index (χ2v) is 3.80. The van der Waals surface area contributed by atoms with E-state index in [1.54, 1.807) is 12.1 Å². The minimum atomic E-state index is -0.956. The number of carbonyl (C=O) groups is 3. The Hall–Kier alpha value is -1.88. The molecule has 0 radical (unpaired) electrons. The Morgan fingerprint density at radius 2 is 2.00 bits per heavy atom. The van der Waals surface area contributed by atoms with E-state index >= 15 is 0 Å². The van der Waals surface area contributed by atoms with Gasteiger partial charge < -0.3 is 10.4 Å². The molecule has 6 heteroatoms. The van der Waals surface area contributed by atoms with Gasteiger partial charge in [0.25, 0.3) is 5.91 Å². The van der Waals surface area contributed by atoms with Gasteiger partial charge in [-0.1, -0.05) is 17.7 Å². The molecule has 0 bridgehead atoms. The van der Waals surface area contributed by atoms with Crippen LogP contribution in [0.4, 0.5) is 0 Å². The lowest BCUT2D eigenvalue weighted by Crippen LogP contribution is -2.02. The zero-order chi connectivity index (χ0) is 13.0. The second-order valence-electron chi connectivity index (χ2n) is 3.37. The molecule has 1 fully saturated rings. The summed E-state index contributed by atoms with van der Waals surface area (Å²) < 4.78 is 0. The molecule has 2 rings (SSSR count). The number of hydrogen-bond donors (Lipinski definition) is 2. The van der Waals surface area contributed by atoms with Crippen molar-refractivity contribution in [2.45, 2.75) is 13.0 Å². The van der Waals surface area contributed by atoms with Crippen molar-refractivity contribution in [2.24, 2.45) is 0 Å². The van der Waals surface area contributed by atoms with Crippen LogP contribution in [0.25, 0.3) is 0 Å². The lowest BCUT2D eigenvalue weighted by atomic mass is 10.2. The van der Waals surface area contributed by atoms with Gasteiger partial charge in [0.1, 0.15) is 0 Å². The van der Waals surface area contributed by atoms with E-state index in [1.807, 2.05) is 0 Å². The Labute approximate surface area is 102 Å². The normalized spacial score (nSPS) is 16.4. The summed E-state index contributed by atoms with van der Waals surface area (Å²) in [6, 6.07) is 5.68. The predicted octanol–water partition coefficient (Wildman–Crippen LogP) is 1.11. The van der Waals surface area contributed by atoms with Crippen molar-refractivity contribution in [3.05, 3.63) is 34.9 Å². The van der Waals surface area contributed by atoms with E-state index in [1.165, 1.54) is 19.1 Å². The Bertz CT molecular complexity index is 472. The third kappa shape index (κ3) is 4.24. The highest BCUT2D eigenvalue weighted by Gasteiger charge is 2.37. The molecular formula is C11H10ClNO4. The number of aromatic carboxylic acids is 1. The smallest absolute Gasteiger partial charge is 0.335 e. The van der Waals surface area contributed by atoms with Gasteiger partial charge >= 0.3 is 5.97 Å². The van der Waals surface area contributed by atoms with Crippen LogP contribution < -0.4 is 5.32 Å². The standard InChI is InChI=1S/C7H5ClO2.C4H5NO2/c8-6-3-1-2-5(4-6)7(9)10;1-2(6)3-4(7)5-3/h1-4H,(H,9,10);3H,1H3,(H,5,7). The number of carboxylic acid groups (broad SMARTS) is 1. The van der Waals surface area contributed by atoms with Crippen molar-refractivity contribution in [3.8, 4) is 0 Å². The highest BCUT2D eigenvalue weighted by Crippen LogP contribution is 2.09. The van der Waals surface area contributed by atoms with Crippen molar-refractivity contribution in [1.29, 1.82) is 0 Å². The first-order valence-electron chi connectivity index (χ1n) is 4.71. The highest BCUT2D eigenvalue weighted by atomic mass is 35.5. The van der Waals surface area contributed by atoms with Gasteiger partial charge in [0.2, 0.25) is 0 Å². The predicted molar refractivity (Wildman–Crippen MR) is 61.0 cm³/mol. The first kappa shape index (κ1) is 13.2. The molecule has 1 saturated heterocycles. The molecule has 2 N–H and O–H groups in total. The van der Waals surface area contributed by atoms with E-state index < -0.39 is 12.0 Å². The lowest BCUT2D eigenvalue weighted by Gasteiger charge is -1.92. The Balaban J connectivity index is 0.000000181. The summed E-state index contributed by atoms with van der Waals surface area (Å²) in [5.41, 5.74) is 0.215. The molecule has 5 nitrogen and oxygen atoms in total. The topological polar surface area (TPSA) is 93.4 Å². The monoisotopic (exact) mass is 255 g/mol. The molecule has 0 saturated carbocycles. The molecule has 1 atom stereocenters. The van der Waals surface area contributed by atoms with E-state index in [-0.39, 0.29) is 17.3 Å². The van der Waals surface area contributed by atoms with Gasteiger partial charge in [-0.15, -0.1) is 0 Å². The van der Waals surface area contributed by atoms with Crippen LogP contribution in [-0.4, -0.2) is 28.8 Å².